The van der Waals surface area contributed by atoms with Crippen molar-refractivity contribution in [3.05, 3.63) is 58.7 Å². The Hall–Kier alpha value is -2.57. The minimum absolute atomic E-state index is 0.0558. The van der Waals surface area contributed by atoms with Gasteiger partial charge in [-0.15, -0.1) is 0 Å². The van der Waals surface area contributed by atoms with Gasteiger partial charge in [-0.05, 0) is 47.4 Å². The van der Waals surface area contributed by atoms with E-state index in [2.05, 4.69) is 44.6 Å². The van der Waals surface area contributed by atoms with E-state index in [1.54, 1.807) is 0 Å². The monoisotopic (exact) mass is 419 g/mol. The lowest BCUT2D eigenvalue weighted by atomic mass is 9.84. The van der Waals surface area contributed by atoms with Crippen LogP contribution in [0.25, 0.3) is 5.57 Å². The molecule has 0 N–H and O–H groups in total. The highest BCUT2D eigenvalue weighted by atomic mass is 19.3. The van der Waals surface area contributed by atoms with Crippen molar-refractivity contribution in [2.45, 2.75) is 58.4 Å². The zero-order chi connectivity index (χ0) is 22.4. The quantitative estimate of drug-likeness (QED) is 0.627. The van der Waals surface area contributed by atoms with Crippen LogP contribution in [-0.2, 0) is 12.5 Å². The van der Waals surface area contributed by atoms with Gasteiger partial charge in [-0.25, -0.2) is 13.5 Å². The molecule has 1 fully saturated rings. The molecule has 2 aromatic rings. The van der Waals surface area contributed by atoms with Gasteiger partial charge in [0.15, 0.2) is 0 Å². The first-order chi connectivity index (χ1) is 13.9. The molecule has 30 heavy (non-hydrogen) atoms. The summed E-state index contributed by atoms with van der Waals surface area (Å²) in [6, 6.07) is 6.03. The maximum Gasteiger partial charge on any atom is 0.283 e. The Balaban J connectivity index is 1.93. The molecular formula is C23H28F3N3O. The molecule has 1 saturated carbocycles. The van der Waals surface area contributed by atoms with E-state index in [1.165, 1.54) is 11.9 Å². The van der Waals surface area contributed by atoms with E-state index >= 15 is 0 Å². The molecule has 0 aliphatic heterocycles. The van der Waals surface area contributed by atoms with Gasteiger partial charge in [-0.3, -0.25) is 4.79 Å². The number of rotatable bonds is 6. The first-order valence-electron chi connectivity index (χ1n) is 10.0. The molecule has 0 atom stereocenters. The summed E-state index contributed by atoms with van der Waals surface area (Å²) in [7, 11) is 1.21. The van der Waals surface area contributed by atoms with Crippen molar-refractivity contribution >= 4 is 11.5 Å². The van der Waals surface area contributed by atoms with Crippen LogP contribution in [0.3, 0.4) is 0 Å². The third kappa shape index (κ3) is 4.30. The molecule has 4 nitrogen and oxygen atoms in total. The molecule has 1 aliphatic rings. The molecule has 1 amide bonds. The van der Waals surface area contributed by atoms with Gasteiger partial charge >= 0.3 is 0 Å². The van der Waals surface area contributed by atoms with Crippen LogP contribution in [0, 0.1) is 12.9 Å². The molecule has 0 unspecified atom stereocenters. The van der Waals surface area contributed by atoms with Crippen molar-refractivity contribution in [3.63, 3.8) is 0 Å². The fourth-order valence-electron chi connectivity index (χ4n) is 3.53. The van der Waals surface area contributed by atoms with Crippen molar-refractivity contribution in [2.24, 2.45) is 7.05 Å². The van der Waals surface area contributed by atoms with Gasteiger partial charge in [0.1, 0.15) is 11.3 Å². The van der Waals surface area contributed by atoms with E-state index in [4.69, 9.17) is 0 Å². The molecule has 7 heteroatoms. The van der Waals surface area contributed by atoms with Crippen LogP contribution in [0.5, 0.6) is 0 Å². The lowest BCUT2D eigenvalue weighted by Crippen LogP contribution is -2.35. The van der Waals surface area contributed by atoms with Crippen molar-refractivity contribution < 1.29 is 18.0 Å². The zero-order valence-electron chi connectivity index (χ0n) is 18.1. The molecule has 1 aromatic carbocycles. The largest absolute Gasteiger partial charge is 0.331 e. The van der Waals surface area contributed by atoms with E-state index in [-0.39, 0.29) is 18.0 Å². The standard InChI is InChI=1S/C23H28F3N3O/c1-13-7-8-15(23(3,4)5)11-17(13)14(2)12-29(16-9-10-16)22(30)18-19(20(24)25)27-28(6)21(18)26/h7-8,11,16,20H,2,9-10,12H2,1,3-6H3. The molecule has 1 aromatic heterocycles. The number of carbonyl (C=O) groups is 1. The first-order valence-corrected chi connectivity index (χ1v) is 10.0. The van der Waals surface area contributed by atoms with Crippen LogP contribution in [0.1, 0.15) is 72.8 Å². The number of nitrogens with zero attached hydrogens (tertiary/aromatic N) is 3. The molecule has 0 bridgehead atoms. The van der Waals surface area contributed by atoms with Gasteiger partial charge in [-0.2, -0.15) is 9.49 Å². The summed E-state index contributed by atoms with van der Waals surface area (Å²) < 4.78 is 41.9. The molecule has 0 saturated heterocycles. The minimum atomic E-state index is -3.03. The molecule has 162 valence electrons. The Morgan fingerprint density at radius 3 is 2.50 bits per heavy atom. The van der Waals surface area contributed by atoms with Gasteiger partial charge in [-0.1, -0.05) is 45.5 Å². The predicted octanol–water partition coefficient (Wildman–Crippen LogP) is 5.42. The van der Waals surface area contributed by atoms with Crippen molar-refractivity contribution in [1.82, 2.24) is 14.7 Å². The maximum atomic E-state index is 14.5. The van der Waals surface area contributed by atoms with Crippen molar-refractivity contribution in [2.75, 3.05) is 6.54 Å². The summed E-state index contributed by atoms with van der Waals surface area (Å²) in [5.41, 5.74) is 2.24. The van der Waals surface area contributed by atoms with Crippen LogP contribution in [0.2, 0.25) is 0 Å². The molecule has 1 heterocycles. The van der Waals surface area contributed by atoms with Crippen LogP contribution in [0.15, 0.2) is 24.8 Å². The van der Waals surface area contributed by atoms with E-state index in [0.29, 0.717) is 10.3 Å². The number of benzene rings is 1. The first kappa shape index (κ1) is 22.1. The second-order valence-electron chi connectivity index (χ2n) is 9.02. The highest BCUT2D eigenvalue weighted by Gasteiger charge is 2.38. The number of aromatic nitrogens is 2. The number of halogens is 3. The van der Waals surface area contributed by atoms with Crippen molar-refractivity contribution in [3.8, 4) is 0 Å². The van der Waals surface area contributed by atoms with E-state index in [9.17, 15) is 18.0 Å². The second-order valence-corrected chi connectivity index (χ2v) is 9.02. The number of alkyl halides is 2. The van der Waals surface area contributed by atoms with E-state index < -0.39 is 29.5 Å². The Morgan fingerprint density at radius 1 is 1.33 bits per heavy atom. The summed E-state index contributed by atoms with van der Waals surface area (Å²) in [4.78, 5) is 14.6. The van der Waals surface area contributed by atoms with E-state index in [1.807, 2.05) is 13.0 Å². The molecule has 0 radical (unpaired) electrons. The summed E-state index contributed by atoms with van der Waals surface area (Å²) in [6.45, 7) is 12.6. The predicted molar refractivity (Wildman–Crippen MR) is 111 cm³/mol. The fraction of sp³-hybridized carbons (Fsp3) is 0.478. The fourth-order valence-corrected chi connectivity index (χ4v) is 3.53. The Kier molecular flexibility index (Phi) is 5.85. The zero-order valence-corrected chi connectivity index (χ0v) is 18.1. The summed E-state index contributed by atoms with van der Waals surface area (Å²) in [6.07, 6.45) is -1.52. The number of hydrogen-bond acceptors (Lipinski definition) is 2. The average Bonchev–Trinajstić information content (AvgIpc) is 3.44. The lowest BCUT2D eigenvalue weighted by Gasteiger charge is -2.26. The highest BCUT2D eigenvalue weighted by molar-refractivity contribution is 5.96. The average molecular weight is 419 g/mol. The summed E-state index contributed by atoms with van der Waals surface area (Å²) in [5.74, 6) is -1.80. The smallest absolute Gasteiger partial charge is 0.283 e. The number of carbonyl (C=O) groups excluding carboxylic acids is 1. The minimum Gasteiger partial charge on any atom is -0.331 e. The third-order valence-electron chi connectivity index (χ3n) is 5.52. The topological polar surface area (TPSA) is 38.1 Å². The van der Waals surface area contributed by atoms with Gasteiger partial charge in [0, 0.05) is 19.6 Å². The normalized spacial score (nSPS) is 14.3. The van der Waals surface area contributed by atoms with Gasteiger partial charge in [0.2, 0.25) is 5.95 Å². The van der Waals surface area contributed by atoms with E-state index in [0.717, 1.165) is 29.5 Å². The Bertz CT molecular complexity index is 984. The molecule has 0 spiro atoms. The van der Waals surface area contributed by atoms with Crippen LogP contribution < -0.4 is 0 Å². The molecule has 1 aliphatic carbocycles. The van der Waals surface area contributed by atoms with Gasteiger partial charge < -0.3 is 4.90 Å². The van der Waals surface area contributed by atoms with Crippen LogP contribution in [-0.4, -0.2) is 33.2 Å². The SMILES string of the molecule is C=C(CN(C(=O)c1c(C(F)F)nn(C)c1F)C1CC1)c1cc(C(C)(C)C)ccc1C. The molecular weight excluding hydrogens is 391 g/mol. The Labute approximate surface area is 175 Å². The highest BCUT2D eigenvalue weighted by Crippen LogP contribution is 2.34. The maximum absolute atomic E-state index is 14.5. The number of hydrogen-bond donors (Lipinski definition) is 0. The number of amides is 1. The lowest BCUT2D eigenvalue weighted by molar-refractivity contribution is 0.0747. The second kappa shape index (κ2) is 7.93. The summed E-state index contributed by atoms with van der Waals surface area (Å²) in [5, 5.41) is 3.50. The van der Waals surface area contributed by atoms with Crippen LogP contribution >= 0.6 is 0 Å². The molecule has 3 rings (SSSR count). The number of aryl methyl sites for hydroxylation is 2. The van der Waals surface area contributed by atoms with Gasteiger partial charge in [0.25, 0.3) is 12.3 Å². The van der Waals surface area contributed by atoms with Gasteiger partial charge in [0.05, 0.1) is 0 Å². The van der Waals surface area contributed by atoms with Crippen LogP contribution in [0.4, 0.5) is 13.2 Å². The third-order valence-corrected chi connectivity index (χ3v) is 5.52. The summed E-state index contributed by atoms with van der Waals surface area (Å²) >= 11 is 0. The van der Waals surface area contributed by atoms with Crippen molar-refractivity contribution in [1.29, 1.82) is 0 Å². The Morgan fingerprint density at radius 2 is 1.97 bits per heavy atom.